The maximum atomic E-state index is 6.49. The minimum Gasteiger partial charge on any atom is -0.494 e. The zero-order valence-electron chi connectivity index (χ0n) is 24.2. The average molecular weight is 564 g/mol. The van der Waals surface area contributed by atoms with Crippen LogP contribution in [-0.2, 0) is 6.42 Å². The van der Waals surface area contributed by atoms with Gasteiger partial charge in [-0.3, -0.25) is 4.90 Å². The van der Waals surface area contributed by atoms with Crippen molar-refractivity contribution in [3.63, 3.8) is 0 Å². The second-order valence-electron chi connectivity index (χ2n) is 11.3. The van der Waals surface area contributed by atoms with Crippen molar-refractivity contribution in [2.75, 3.05) is 69.0 Å². The molecule has 214 valence electrons. The number of hydrogen-bond donors (Lipinski definition) is 2. The lowest BCUT2D eigenvalue weighted by atomic mass is 10.0. The fourth-order valence-electron chi connectivity index (χ4n) is 5.68. The van der Waals surface area contributed by atoms with Crippen LogP contribution in [0.2, 0.25) is 5.02 Å². The number of methoxy groups -OCH3 is 1. The minimum absolute atomic E-state index is 0.451. The van der Waals surface area contributed by atoms with Crippen LogP contribution in [0.15, 0.2) is 48.7 Å². The molecule has 5 rings (SSSR count). The summed E-state index contributed by atoms with van der Waals surface area (Å²) in [6.45, 7) is 11.3. The Hall–Kier alpha value is -3.07. The zero-order valence-corrected chi connectivity index (χ0v) is 24.9. The molecule has 8 nitrogen and oxygen atoms in total. The van der Waals surface area contributed by atoms with Crippen LogP contribution < -0.4 is 20.3 Å². The van der Waals surface area contributed by atoms with Crippen LogP contribution in [-0.4, -0.2) is 79.2 Å². The predicted molar refractivity (Wildman–Crippen MR) is 166 cm³/mol. The maximum Gasteiger partial charge on any atom is 0.229 e. The molecule has 1 aromatic heterocycles. The smallest absolute Gasteiger partial charge is 0.229 e. The molecule has 0 bridgehead atoms. The molecule has 0 saturated carbocycles. The summed E-state index contributed by atoms with van der Waals surface area (Å²) in [7, 11) is 3.92. The van der Waals surface area contributed by atoms with Gasteiger partial charge in [0.1, 0.15) is 10.8 Å². The van der Waals surface area contributed by atoms with Crippen LogP contribution in [0, 0.1) is 5.92 Å². The number of piperazine rings is 1. The first-order chi connectivity index (χ1) is 19.4. The number of rotatable bonds is 9. The second kappa shape index (κ2) is 13.1. The number of halogens is 1. The van der Waals surface area contributed by atoms with Crippen molar-refractivity contribution in [1.82, 2.24) is 19.8 Å². The number of benzene rings is 2. The van der Waals surface area contributed by atoms with E-state index >= 15 is 0 Å². The molecule has 0 amide bonds. The van der Waals surface area contributed by atoms with Gasteiger partial charge in [-0.15, -0.1) is 0 Å². The third-order valence-corrected chi connectivity index (χ3v) is 8.23. The minimum atomic E-state index is 0.451. The Kier molecular flexibility index (Phi) is 9.29. The molecular weight excluding hydrogens is 522 g/mol. The second-order valence-corrected chi connectivity index (χ2v) is 11.7. The van der Waals surface area contributed by atoms with Gasteiger partial charge in [-0.1, -0.05) is 43.6 Å². The Morgan fingerprint density at radius 3 is 2.45 bits per heavy atom. The molecule has 40 heavy (non-hydrogen) atoms. The fourth-order valence-corrected chi connectivity index (χ4v) is 5.82. The van der Waals surface area contributed by atoms with Gasteiger partial charge in [0, 0.05) is 62.8 Å². The Bertz CT molecular complexity index is 1270. The molecule has 0 aliphatic carbocycles. The lowest BCUT2D eigenvalue weighted by molar-refractivity contribution is 0.0982. The molecule has 2 aromatic carbocycles. The van der Waals surface area contributed by atoms with Crippen molar-refractivity contribution >= 4 is 40.4 Å². The number of aromatic nitrogens is 2. The Morgan fingerprint density at radius 2 is 1.73 bits per heavy atom. The van der Waals surface area contributed by atoms with Crippen LogP contribution in [0.5, 0.6) is 5.75 Å². The van der Waals surface area contributed by atoms with Crippen molar-refractivity contribution in [2.45, 2.75) is 39.2 Å². The Balaban J connectivity index is 1.25. The van der Waals surface area contributed by atoms with E-state index < -0.39 is 0 Å². The van der Waals surface area contributed by atoms with Crippen molar-refractivity contribution in [3.8, 4) is 5.75 Å². The largest absolute Gasteiger partial charge is 0.494 e. The molecule has 3 heterocycles. The number of anilines is 5. The molecule has 2 N–H and O–H groups in total. The van der Waals surface area contributed by atoms with Gasteiger partial charge in [0.25, 0.3) is 0 Å². The van der Waals surface area contributed by atoms with Crippen LogP contribution in [0.1, 0.15) is 32.3 Å². The molecule has 0 atom stereocenters. The van der Waals surface area contributed by atoms with E-state index in [9.17, 15) is 0 Å². The van der Waals surface area contributed by atoms with Gasteiger partial charge >= 0.3 is 0 Å². The maximum absolute atomic E-state index is 6.49. The van der Waals surface area contributed by atoms with E-state index in [1.165, 1.54) is 50.3 Å². The van der Waals surface area contributed by atoms with Gasteiger partial charge in [-0.05, 0) is 56.0 Å². The van der Waals surface area contributed by atoms with Crippen LogP contribution in [0.3, 0.4) is 0 Å². The third-order valence-electron chi connectivity index (χ3n) is 7.96. The van der Waals surface area contributed by atoms with E-state index in [4.69, 9.17) is 16.3 Å². The summed E-state index contributed by atoms with van der Waals surface area (Å²) in [5.74, 6) is 2.32. The van der Waals surface area contributed by atoms with E-state index in [2.05, 4.69) is 86.5 Å². The molecule has 2 aliphatic rings. The van der Waals surface area contributed by atoms with E-state index in [1.54, 1.807) is 13.3 Å². The summed E-state index contributed by atoms with van der Waals surface area (Å²) >= 11 is 6.49. The highest BCUT2D eigenvalue weighted by Gasteiger charge is 2.27. The monoisotopic (exact) mass is 563 g/mol. The van der Waals surface area contributed by atoms with Gasteiger partial charge < -0.3 is 25.2 Å². The number of para-hydroxylation sites is 1. The molecule has 9 heteroatoms. The predicted octanol–water partition coefficient (Wildman–Crippen LogP) is 6.04. The molecular formula is C31H42ClN7O. The van der Waals surface area contributed by atoms with Gasteiger partial charge in [-0.25, -0.2) is 4.98 Å². The summed E-state index contributed by atoms with van der Waals surface area (Å²) in [6.07, 6.45) is 4.98. The number of nitrogens with one attached hydrogen (secondary N) is 2. The van der Waals surface area contributed by atoms with E-state index in [1.807, 2.05) is 12.1 Å². The normalized spacial score (nSPS) is 17.3. The molecule has 0 radical (unpaired) electrons. The SMILES string of the molecule is COc1cc(N2CCC(N3CCN(C)CC3)CC2)ccc1Nc1ncc(Cl)c(Nc2ccccc2CC(C)C)n1. The third kappa shape index (κ3) is 6.97. The quantitative estimate of drug-likeness (QED) is 0.326. The van der Waals surface area contributed by atoms with Crippen molar-refractivity contribution in [3.05, 3.63) is 59.2 Å². The van der Waals surface area contributed by atoms with Crippen molar-refractivity contribution in [1.29, 1.82) is 0 Å². The standard InChI is InChI=1S/C31H42ClN7O/c1-22(2)19-23-7-5-6-8-27(23)34-30-26(32)21-33-31(36-30)35-28-10-9-25(20-29(28)40-4)38-13-11-24(12-14-38)39-17-15-37(3)16-18-39/h5-10,20-22,24H,11-19H2,1-4H3,(H2,33,34,35,36). The molecule has 0 unspecified atom stereocenters. The number of hydrogen-bond acceptors (Lipinski definition) is 8. The van der Waals surface area contributed by atoms with Crippen LogP contribution in [0.4, 0.5) is 28.8 Å². The van der Waals surface area contributed by atoms with Gasteiger partial charge in [0.15, 0.2) is 5.82 Å². The fraction of sp³-hybridized carbons (Fsp3) is 0.484. The van der Waals surface area contributed by atoms with E-state index in [-0.39, 0.29) is 0 Å². The van der Waals surface area contributed by atoms with Gasteiger partial charge in [0.05, 0.1) is 19.0 Å². The first kappa shape index (κ1) is 28.5. The lowest BCUT2D eigenvalue weighted by Crippen LogP contribution is -2.52. The number of likely N-dealkylation sites (N-methyl/N-ethyl adjacent to an activating group) is 1. The highest BCUT2D eigenvalue weighted by molar-refractivity contribution is 6.32. The number of piperidine rings is 1. The molecule has 2 fully saturated rings. The summed E-state index contributed by atoms with van der Waals surface area (Å²) < 4.78 is 5.78. The summed E-state index contributed by atoms with van der Waals surface area (Å²) in [6, 6.07) is 15.3. The van der Waals surface area contributed by atoms with Crippen molar-refractivity contribution < 1.29 is 4.74 Å². The molecule has 3 aromatic rings. The van der Waals surface area contributed by atoms with Gasteiger partial charge in [0.2, 0.25) is 5.95 Å². The topological polar surface area (TPSA) is 68.8 Å². The Labute approximate surface area is 243 Å². The van der Waals surface area contributed by atoms with Crippen LogP contribution in [0.25, 0.3) is 0 Å². The molecule has 0 spiro atoms. The van der Waals surface area contributed by atoms with Crippen LogP contribution >= 0.6 is 11.6 Å². The number of nitrogens with zero attached hydrogens (tertiary/aromatic N) is 5. The zero-order chi connectivity index (χ0) is 28.1. The average Bonchev–Trinajstić information content (AvgIpc) is 2.96. The highest BCUT2D eigenvalue weighted by Crippen LogP contribution is 2.34. The molecule has 2 saturated heterocycles. The Morgan fingerprint density at radius 1 is 0.975 bits per heavy atom. The first-order valence-electron chi connectivity index (χ1n) is 14.4. The molecule has 2 aliphatic heterocycles. The van der Waals surface area contributed by atoms with E-state index in [0.717, 1.165) is 36.6 Å². The summed E-state index contributed by atoms with van der Waals surface area (Å²) in [5.41, 5.74) is 4.22. The summed E-state index contributed by atoms with van der Waals surface area (Å²) in [5, 5.41) is 7.21. The number of ether oxygens (including phenoxy) is 1. The van der Waals surface area contributed by atoms with E-state index in [0.29, 0.717) is 28.7 Å². The first-order valence-corrected chi connectivity index (χ1v) is 14.8. The van der Waals surface area contributed by atoms with Crippen molar-refractivity contribution in [2.24, 2.45) is 5.92 Å². The summed E-state index contributed by atoms with van der Waals surface area (Å²) in [4.78, 5) is 16.7. The lowest BCUT2D eigenvalue weighted by Gasteiger charge is -2.42. The van der Waals surface area contributed by atoms with Gasteiger partial charge in [-0.2, -0.15) is 4.98 Å². The highest BCUT2D eigenvalue weighted by atomic mass is 35.5.